The van der Waals surface area contributed by atoms with Crippen molar-refractivity contribution in [3.8, 4) is 11.5 Å². The minimum atomic E-state index is -4.04. The van der Waals surface area contributed by atoms with Crippen molar-refractivity contribution in [1.29, 1.82) is 0 Å². The molecule has 9 heteroatoms. The SMILES string of the molecule is COc1ccc(S(=O)(=O)N(CC(=O)N(C)Cc2ccccc2OC)c2ccc(Cl)cc2)cc1. The Kier molecular flexibility index (Phi) is 7.84. The highest BCUT2D eigenvalue weighted by molar-refractivity contribution is 7.92. The van der Waals surface area contributed by atoms with E-state index in [1.807, 2.05) is 24.3 Å². The Morgan fingerprint density at radius 2 is 1.55 bits per heavy atom. The van der Waals surface area contributed by atoms with Gasteiger partial charge in [-0.1, -0.05) is 29.8 Å². The lowest BCUT2D eigenvalue weighted by atomic mass is 10.2. The molecule has 0 saturated heterocycles. The number of anilines is 1. The Bertz CT molecular complexity index is 1200. The number of benzene rings is 3. The van der Waals surface area contributed by atoms with E-state index < -0.39 is 10.0 Å². The van der Waals surface area contributed by atoms with Gasteiger partial charge in [0.25, 0.3) is 10.0 Å². The molecule has 0 aliphatic carbocycles. The number of rotatable bonds is 9. The first kappa shape index (κ1) is 24.4. The number of methoxy groups -OCH3 is 2. The highest BCUT2D eigenvalue weighted by Crippen LogP contribution is 2.27. The predicted molar refractivity (Wildman–Crippen MR) is 128 cm³/mol. The fraction of sp³-hybridized carbons (Fsp3) is 0.208. The minimum absolute atomic E-state index is 0.0402. The minimum Gasteiger partial charge on any atom is -0.497 e. The van der Waals surface area contributed by atoms with Gasteiger partial charge in [-0.3, -0.25) is 9.10 Å². The molecular formula is C24H25ClN2O5S. The third-order valence-electron chi connectivity index (χ3n) is 5.07. The molecule has 0 N–H and O–H groups in total. The summed E-state index contributed by atoms with van der Waals surface area (Å²) in [6.45, 7) is -0.123. The first-order valence-corrected chi connectivity index (χ1v) is 11.9. The predicted octanol–water partition coefficient (Wildman–Crippen LogP) is 4.21. The second kappa shape index (κ2) is 10.6. The lowest BCUT2D eigenvalue weighted by Crippen LogP contribution is -2.41. The Hall–Kier alpha value is -3.23. The van der Waals surface area contributed by atoms with Crippen molar-refractivity contribution in [3.05, 3.63) is 83.4 Å². The number of halogens is 1. The highest BCUT2D eigenvalue weighted by atomic mass is 35.5. The zero-order valence-electron chi connectivity index (χ0n) is 18.6. The second-order valence-corrected chi connectivity index (χ2v) is 9.52. The largest absolute Gasteiger partial charge is 0.497 e. The van der Waals surface area contributed by atoms with E-state index in [1.165, 1.54) is 24.1 Å². The fourth-order valence-electron chi connectivity index (χ4n) is 3.22. The molecule has 0 radical (unpaired) electrons. The number of para-hydroxylation sites is 1. The summed E-state index contributed by atoms with van der Waals surface area (Å²) in [4.78, 5) is 14.6. The maximum absolute atomic E-state index is 13.5. The van der Waals surface area contributed by atoms with Gasteiger partial charge in [-0.25, -0.2) is 8.42 Å². The molecule has 7 nitrogen and oxygen atoms in total. The van der Waals surface area contributed by atoms with Crippen LogP contribution < -0.4 is 13.8 Å². The van der Waals surface area contributed by atoms with E-state index in [1.54, 1.807) is 50.6 Å². The highest BCUT2D eigenvalue weighted by Gasteiger charge is 2.28. The van der Waals surface area contributed by atoms with Gasteiger partial charge in [0, 0.05) is 24.2 Å². The number of nitrogens with zero attached hydrogens (tertiary/aromatic N) is 2. The van der Waals surface area contributed by atoms with Crippen molar-refractivity contribution in [3.63, 3.8) is 0 Å². The van der Waals surface area contributed by atoms with E-state index in [-0.39, 0.29) is 23.9 Å². The molecule has 3 aromatic carbocycles. The van der Waals surface area contributed by atoms with E-state index in [9.17, 15) is 13.2 Å². The van der Waals surface area contributed by atoms with Crippen LogP contribution in [0.2, 0.25) is 5.02 Å². The number of hydrogen-bond donors (Lipinski definition) is 0. The molecule has 0 heterocycles. The van der Waals surface area contributed by atoms with Crippen molar-refractivity contribution >= 4 is 33.2 Å². The van der Waals surface area contributed by atoms with Gasteiger partial charge in [-0.05, 0) is 54.6 Å². The van der Waals surface area contributed by atoms with E-state index >= 15 is 0 Å². The van der Waals surface area contributed by atoms with Gasteiger partial charge in [0.05, 0.1) is 24.8 Å². The molecule has 3 aromatic rings. The molecule has 0 saturated carbocycles. The first-order chi connectivity index (χ1) is 15.8. The average Bonchev–Trinajstić information content (AvgIpc) is 2.83. The molecule has 0 fully saturated rings. The van der Waals surface area contributed by atoms with E-state index in [0.29, 0.717) is 22.2 Å². The van der Waals surface area contributed by atoms with Crippen LogP contribution in [0.5, 0.6) is 11.5 Å². The van der Waals surface area contributed by atoms with Gasteiger partial charge in [0.1, 0.15) is 18.0 Å². The monoisotopic (exact) mass is 488 g/mol. The number of hydrogen-bond acceptors (Lipinski definition) is 5. The van der Waals surface area contributed by atoms with Crippen LogP contribution in [0, 0.1) is 0 Å². The van der Waals surface area contributed by atoms with Crippen LogP contribution in [0.15, 0.2) is 77.7 Å². The second-order valence-electron chi connectivity index (χ2n) is 7.23. The molecular weight excluding hydrogens is 464 g/mol. The Labute approximate surface area is 199 Å². The van der Waals surface area contributed by atoms with Crippen LogP contribution in [0.25, 0.3) is 0 Å². The van der Waals surface area contributed by atoms with Crippen LogP contribution in [-0.2, 0) is 21.4 Å². The fourth-order valence-corrected chi connectivity index (χ4v) is 4.76. The Balaban J connectivity index is 1.91. The van der Waals surface area contributed by atoms with Gasteiger partial charge in [-0.2, -0.15) is 0 Å². The van der Waals surface area contributed by atoms with Crippen molar-refractivity contribution in [1.82, 2.24) is 4.90 Å². The summed E-state index contributed by atoms with van der Waals surface area (Å²) in [6, 6.07) is 19.7. The third-order valence-corrected chi connectivity index (χ3v) is 7.11. The van der Waals surface area contributed by atoms with Gasteiger partial charge in [0.15, 0.2) is 0 Å². The van der Waals surface area contributed by atoms with E-state index in [2.05, 4.69) is 0 Å². The summed E-state index contributed by atoms with van der Waals surface area (Å²) >= 11 is 5.99. The number of carbonyl (C=O) groups is 1. The molecule has 1 amide bonds. The molecule has 174 valence electrons. The number of ether oxygens (including phenoxy) is 2. The summed E-state index contributed by atoms with van der Waals surface area (Å²) in [7, 11) is 0.636. The quantitative estimate of drug-likeness (QED) is 0.451. The topological polar surface area (TPSA) is 76.2 Å². The number of carbonyl (C=O) groups excluding carboxylic acids is 1. The van der Waals surface area contributed by atoms with Crippen LogP contribution in [0.1, 0.15) is 5.56 Å². The van der Waals surface area contributed by atoms with Crippen LogP contribution >= 0.6 is 11.6 Å². The lowest BCUT2D eigenvalue weighted by Gasteiger charge is -2.27. The van der Waals surface area contributed by atoms with Crippen molar-refractivity contribution in [2.24, 2.45) is 0 Å². The summed E-state index contributed by atoms with van der Waals surface area (Å²) < 4.78 is 38.5. The molecule has 0 atom stereocenters. The summed E-state index contributed by atoms with van der Waals surface area (Å²) in [6.07, 6.45) is 0. The van der Waals surface area contributed by atoms with Crippen molar-refractivity contribution in [2.45, 2.75) is 11.4 Å². The van der Waals surface area contributed by atoms with Gasteiger partial charge >= 0.3 is 0 Å². The van der Waals surface area contributed by atoms with Crippen LogP contribution in [0.4, 0.5) is 5.69 Å². The maximum atomic E-state index is 13.5. The molecule has 0 spiro atoms. The number of amides is 1. The molecule has 0 aliphatic rings. The number of sulfonamides is 1. The molecule has 0 aromatic heterocycles. The summed E-state index contributed by atoms with van der Waals surface area (Å²) in [5.74, 6) is 0.796. The van der Waals surface area contributed by atoms with Crippen molar-refractivity contribution < 1.29 is 22.7 Å². The maximum Gasteiger partial charge on any atom is 0.264 e. The van der Waals surface area contributed by atoms with E-state index in [4.69, 9.17) is 21.1 Å². The summed E-state index contributed by atoms with van der Waals surface area (Å²) in [5.41, 5.74) is 1.14. The summed E-state index contributed by atoms with van der Waals surface area (Å²) in [5, 5.41) is 0.458. The standard InChI is InChI=1S/C24H25ClN2O5S/c1-26(16-18-6-4-5-7-23(18)32-3)24(28)17-27(20-10-8-19(25)9-11-20)33(29,30)22-14-12-21(31-2)13-15-22/h4-15H,16-17H2,1-3H3. The smallest absolute Gasteiger partial charge is 0.264 e. The van der Waals surface area contributed by atoms with Gasteiger partial charge < -0.3 is 14.4 Å². The van der Waals surface area contributed by atoms with Gasteiger partial charge in [-0.15, -0.1) is 0 Å². The molecule has 0 aliphatic heterocycles. The first-order valence-electron chi connectivity index (χ1n) is 10.0. The molecule has 33 heavy (non-hydrogen) atoms. The Morgan fingerprint density at radius 3 is 2.15 bits per heavy atom. The molecule has 0 bridgehead atoms. The Morgan fingerprint density at radius 1 is 0.909 bits per heavy atom. The molecule has 0 unspecified atom stereocenters. The third kappa shape index (κ3) is 5.77. The lowest BCUT2D eigenvalue weighted by molar-refractivity contribution is -0.128. The molecule has 3 rings (SSSR count). The number of likely N-dealkylation sites (N-methyl/N-ethyl adjacent to an activating group) is 1. The normalized spacial score (nSPS) is 11.0. The van der Waals surface area contributed by atoms with E-state index in [0.717, 1.165) is 9.87 Å². The van der Waals surface area contributed by atoms with Gasteiger partial charge in [0.2, 0.25) is 5.91 Å². The van der Waals surface area contributed by atoms with Crippen molar-refractivity contribution in [2.75, 3.05) is 32.1 Å². The van der Waals surface area contributed by atoms with Crippen LogP contribution in [0.3, 0.4) is 0 Å². The van der Waals surface area contributed by atoms with Crippen LogP contribution in [-0.4, -0.2) is 47.0 Å². The zero-order valence-corrected chi connectivity index (χ0v) is 20.1. The zero-order chi connectivity index (χ0) is 24.0. The average molecular weight is 489 g/mol.